The number of piperidine rings is 1. The molecule has 0 aromatic carbocycles. The lowest BCUT2D eigenvalue weighted by Crippen LogP contribution is -2.63. The second kappa shape index (κ2) is 7.04. The van der Waals surface area contributed by atoms with Crippen molar-refractivity contribution in [2.45, 2.75) is 45.2 Å². The molecule has 8 heteroatoms. The quantitative estimate of drug-likeness (QED) is 0.733. The zero-order chi connectivity index (χ0) is 15.5. The minimum atomic E-state index is -3.58. The van der Waals surface area contributed by atoms with Gasteiger partial charge in [0.2, 0.25) is 5.91 Å². The summed E-state index contributed by atoms with van der Waals surface area (Å²) in [5, 5.41) is 5.83. The minimum Gasteiger partial charge on any atom is -0.355 e. The van der Waals surface area contributed by atoms with Gasteiger partial charge in [-0.3, -0.25) is 4.79 Å². The maximum absolute atomic E-state index is 12.9. The first-order valence-electron chi connectivity index (χ1n) is 7.75. The normalized spacial score (nSPS) is 29.2. The molecule has 2 fully saturated rings. The maximum Gasteiger partial charge on any atom is 0.283 e. The first-order chi connectivity index (χ1) is 9.98. The molecule has 0 aromatic heterocycles. The third-order valence-corrected chi connectivity index (χ3v) is 6.35. The Labute approximate surface area is 127 Å². The summed E-state index contributed by atoms with van der Waals surface area (Å²) in [6.07, 6.45) is 2.84. The molecule has 0 bridgehead atoms. The highest BCUT2D eigenvalue weighted by molar-refractivity contribution is 7.86. The zero-order valence-electron chi connectivity index (χ0n) is 12.8. The Bertz CT molecular complexity index is 468. The van der Waals surface area contributed by atoms with Crippen LogP contribution in [-0.2, 0) is 15.0 Å². The summed E-state index contributed by atoms with van der Waals surface area (Å²) in [5.41, 5.74) is 0. The molecule has 0 aromatic rings. The number of carbonyl (C=O) groups is 1. The van der Waals surface area contributed by atoms with Crippen LogP contribution >= 0.6 is 0 Å². The van der Waals surface area contributed by atoms with Crippen LogP contribution in [0.5, 0.6) is 0 Å². The van der Waals surface area contributed by atoms with Gasteiger partial charge in [-0.25, -0.2) is 0 Å². The Morgan fingerprint density at radius 2 is 2.05 bits per heavy atom. The minimum absolute atomic E-state index is 0.00789. The summed E-state index contributed by atoms with van der Waals surface area (Å²) in [5.74, 6) is -0.224. The van der Waals surface area contributed by atoms with Gasteiger partial charge in [0, 0.05) is 38.8 Å². The van der Waals surface area contributed by atoms with Crippen LogP contribution in [-0.4, -0.2) is 67.7 Å². The summed E-state index contributed by atoms with van der Waals surface area (Å²) in [7, 11) is -3.58. The molecule has 7 nitrogen and oxygen atoms in total. The van der Waals surface area contributed by atoms with Crippen LogP contribution in [0.15, 0.2) is 0 Å². The van der Waals surface area contributed by atoms with Crippen molar-refractivity contribution in [2.24, 2.45) is 0 Å². The number of rotatable bonds is 4. The number of piperazine rings is 1. The number of likely N-dealkylation sites (N-methyl/N-ethyl adjacent to an activating group) is 1. The van der Waals surface area contributed by atoms with Crippen LogP contribution in [0.1, 0.15) is 33.1 Å². The van der Waals surface area contributed by atoms with Crippen LogP contribution in [0, 0.1) is 0 Å². The molecule has 0 aliphatic carbocycles. The number of amides is 1. The van der Waals surface area contributed by atoms with Crippen LogP contribution in [0.2, 0.25) is 0 Å². The zero-order valence-corrected chi connectivity index (χ0v) is 13.7. The highest BCUT2D eigenvalue weighted by Crippen LogP contribution is 2.24. The Morgan fingerprint density at radius 1 is 1.29 bits per heavy atom. The van der Waals surface area contributed by atoms with E-state index in [0.717, 1.165) is 19.3 Å². The van der Waals surface area contributed by atoms with Crippen LogP contribution in [0.25, 0.3) is 0 Å². The number of hydrogen-bond acceptors (Lipinski definition) is 4. The largest absolute Gasteiger partial charge is 0.355 e. The molecule has 2 unspecified atom stereocenters. The van der Waals surface area contributed by atoms with E-state index in [2.05, 4.69) is 10.6 Å². The third-order valence-electron chi connectivity index (χ3n) is 4.18. The Hall–Kier alpha value is -0.700. The summed E-state index contributed by atoms with van der Waals surface area (Å²) in [6, 6.07) is -0.647. The average Bonchev–Trinajstić information content (AvgIpc) is 2.48. The molecule has 122 valence electrons. The van der Waals surface area contributed by atoms with E-state index in [4.69, 9.17) is 0 Å². The lowest BCUT2D eigenvalue weighted by atomic mass is 10.1. The van der Waals surface area contributed by atoms with Crippen molar-refractivity contribution in [3.63, 3.8) is 0 Å². The molecule has 2 atom stereocenters. The molecule has 1 amide bonds. The van der Waals surface area contributed by atoms with Gasteiger partial charge in [0.1, 0.15) is 6.04 Å². The highest BCUT2D eigenvalue weighted by atomic mass is 32.2. The van der Waals surface area contributed by atoms with Crippen molar-refractivity contribution in [2.75, 3.05) is 32.7 Å². The van der Waals surface area contributed by atoms with Crippen molar-refractivity contribution in [3.05, 3.63) is 0 Å². The summed E-state index contributed by atoms with van der Waals surface area (Å²) in [6.45, 7) is 6.12. The molecule has 2 heterocycles. The van der Waals surface area contributed by atoms with Crippen LogP contribution < -0.4 is 10.6 Å². The van der Waals surface area contributed by atoms with E-state index in [-0.39, 0.29) is 11.9 Å². The molecular weight excluding hydrogens is 292 g/mol. The molecule has 2 rings (SSSR count). The van der Waals surface area contributed by atoms with Gasteiger partial charge in [0.15, 0.2) is 0 Å². The van der Waals surface area contributed by atoms with Gasteiger partial charge in [-0.1, -0.05) is 6.42 Å². The number of nitrogens with one attached hydrogen (secondary N) is 2. The molecule has 2 aliphatic rings. The van der Waals surface area contributed by atoms with E-state index in [9.17, 15) is 13.2 Å². The second-order valence-corrected chi connectivity index (χ2v) is 7.52. The van der Waals surface area contributed by atoms with Gasteiger partial charge in [0.05, 0.1) is 0 Å². The lowest BCUT2D eigenvalue weighted by Gasteiger charge is -2.40. The van der Waals surface area contributed by atoms with Gasteiger partial charge in [-0.05, 0) is 26.7 Å². The third kappa shape index (κ3) is 3.56. The SMILES string of the molecule is CCNC(=O)C1CNCCN1S(=O)(=O)N1CCCCC1C. The van der Waals surface area contributed by atoms with Gasteiger partial charge in [-0.2, -0.15) is 17.0 Å². The number of nitrogens with zero attached hydrogens (tertiary/aromatic N) is 2. The fraction of sp³-hybridized carbons (Fsp3) is 0.923. The lowest BCUT2D eigenvalue weighted by molar-refractivity contribution is -0.125. The van der Waals surface area contributed by atoms with Gasteiger partial charge in [-0.15, -0.1) is 0 Å². The van der Waals surface area contributed by atoms with Crippen molar-refractivity contribution < 1.29 is 13.2 Å². The van der Waals surface area contributed by atoms with Crippen LogP contribution in [0.3, 0.4) is 0 Å². The number of carbonyl (C=O) groups excluding carboxylic acids is 1. The van der Waals surface area contributed by atoms with E-state index in [1.165, 1.54) is 4.31 Å². The van der Waals surface area contributed by atoms with Gasteiger partial charge in [0.25, 0.3) is 10.2 Å². The average molecular weight is 318 g/mol. The molecule has 2 N–H and O–H groups in total. The monoisotopic (exact) mass is 318 g/mol. The molecule has 0 radical (unpaired) electrons. The highest BCUT2D eigenvalue weighted by Gasteiger charge is 2.41. The standard InChI is InChI=1S/C13H26N4O3S/c1-3-15-13(18)12-10-14-7-9-17(12)21(19,20)16-8-5-4-6-11(16)2/h11-12,14H,3-10H2,1-2H3,(H,15,18). The molecular formula is C13H26N4O3S. The summed E-state index contributed by atoms with van der Waals surface area (Å²) >= 11 is 0. The fourth-order valence-electron chi connectivity index (χ4n) is 3.03. The predicted molar refractivity (Wildman–Crippen MR) is 81.0 cm³/mol. The Balaban J connectivity index is 2.20. The van der Waals surface area contributed by atoms with E-state index < -0.39 is 16.3 Å². The number of hydrogen-bond donors (Lipinski definition) is 2. The van der Waals surface area contributed by atoms with E-state index in [1.54, 1.807) is 4.31 Å². The fourth-order valence-corrected chi connectivity index (χ4v) is 5.03. The van der Waals surface area contributed by atoms with Crippen molar-refractivity contribution in [1.82, 2.24) is 19.2 Å². The van der Waals surface area contributed by atoms with Crippen molar-refractivity contribution in [3.8, 4) is 0 Å². The molecule has 0 spiro atoms. The first-order valence-corrected chi connectivity index (χ1v) is 9.15. The maximum atomic E-state index is 12.9. The van der Waals surface area contributed by atoms with Gasteiger partial charge < -0.3 is 10.6 Å². The summed E-state index contributed by atoms with van der Waals surface area (Å²) in [4.78, 5) is 12.1. The van der Waals surface area contributed by atoms with E-state index in [1.807, 2.05) is 13.8 Å². The van der Waals surface area contributed by atoms with E-state index in [0.29, 0.717) is 32.7 Å². The predicted octanol–water partition coefficient (Wildman–Crippen LogP) is -0.484. The van der Waals surface area contributed by atoms with Crippen molar-refractivity contribution in [1.29, 1.82) is 0 Å². The smallest absolute Gasteiger partial charge is 0.283 e. The summed E-state index contributed by atoms with van der Waals surface area (Å²) < 4.78 is 28.8. The van der Waals surface area contributed by atoms with Crippen molar-refractivity contribution >= 4 is 16.1 Å². The van der Waals surface area contributed by atoms with E-state index >= 15 is 0 Å². The molecule has 0 saturated carbocycles. The molecule has 2 aliphatic heterocycles. The first kappa shape index (κ1) is 16.7. The topological polar surface area (TPSA) is 81.8 Å². The Kier molecular flexibility index (Phi) is 5.59. The molecule has 2 saturated heterocycles. The van der Waals surface area contributed by atoms with Gasteiger partial charge >= 0.3 is 0 Å². The molecule has 21 heavy (non-hydrogen) atoms. The second-order valence-electron chi connectivity index (χ2n) is 5.69. The van der Waals surface area contributed by atoms with Crippen LogP contribution in [0.4, 0.5) is 0 Å². The Morgan fingerprint density at radius 3 is 2.71 bits per heavy atom.